The van der Waals surface area contributed by atoms with Gasteiger partial charge in [0, 0.05) is 11.8 Å². The van der Waals surface area contributed by atoms with Gasteiger partial charge in [-0.1, -0.05) is 0 Å². The summed E-state index contributed by atoms with van der Waals surface area (Å²) < 4.78 is 0. The smallest absolute Gasteiger partial charge is 0.138 e. The van der Waals surface area contributed by atoms with Gasteiger partial charge in [0.2, 0.25) is 0 Å². The zero-order valence-corrected chi connectivity index (χ0v) is 6.78. The number of aromatic nitrogens is 2. The fourth-order valence-electron chi connectivity index (χ4n) is 1.08. The standard InChI is InChI=1S/C10H6N3/c11-7-8-1-3-9(4-2-8)10-12-5-6-13-10/h1-5H,(H,12,13). The fourth-order valence-corrected chi connectivity index (χ4v) is 1.08. The van der Waals surface area contributed by atoms with Crippen molar-refractivity contribution in [2.24, 2.45) is 0 Å². The largest absolute Gasteiger partial charge is 0.344 e. The Bertz CT molecular complexity index is 420. The van der Waals surface area contributed by atoms with Crippen LogP contribution in [0.15, 0.2) is 30.5 Å². The topological polar surface area (TPSA) is 52.5 Å². The highest BCUT2D eigenvalue weighted by Crippen LogP contribution is 2.14. The minimum Gasteiger partial charge on any atom is -0.344 e. The van der Waals surface area contributed by atoms with Crippen LogP contribution >= 0.6 is 0 Å². The monoisotopic (exact) mass is 168 g/mol. The second kappa shape index (κ2) is 3.11. The Hall–Kier alpha value is -2.08. The van der Waals surface area contributed by atoms with Gasteiger partial charge >= 0.3 is 0 Å². The van der Waals surface area contributed by atoms with Crippen molar-refractivity contribution in [1.29, 1.82) is 5.26 Å². The van der Waals surface area contributed by atoms with Gasteiger partial charge in [-0.05, 0) is 24.3 Å². The Balaban J connectivity index is 2.40. The Morgan fingerprint density at radius 1 is 1.31 bits per heavy atom. The molecule has 13 heavy (non-hydrogen) atoms. The molecule has 3 heteroatoms. The molecule has 0 bridgehead atoms. The lowest BCUT2D eigenvalue weighted by molar-refractivity contribution is 1.30. The summed E-state index contributed by atoms with van der Waals surface area (Å²) in [5.74, 6) is 0.768. The van der Waals surface area contributed by atoms with Crippen molar-refractivity contribution in [3.8, 4) is 17.5 Å². The van der Waals surface area contributed by atoms with Crippen LogP contribution in [0, 0.1) is 17.5 Å². The van der Waals surface area contributed by atoms with E-state index in [0.29, 0.717) is 5.56 Å². The minimum absolute atomic E-state index is 0.652. The lowest BCUT2D eigenvalue weighted by Gasteiger charge is -1.95. The van der Waals surface area contributed by atoms with E-state index in [1.807, 2.05) is 12.1 Å². The Morgan fingerprint density at radius 2 is 2.08 bits per heavy atom. The van der Waals surface area contributed by atoms with Gasteiger partial charge in [-0.3, -0.25) is 0 Å². The van der Waals surface area contributed by atoms with Crippen molar-refractivity contribution < 1.29 is 0 Å². The number of hydrogen-bond donors (Lipinski definition) is 1. The van der Waals surface area contributed by atoms with E-state index in [1.54, 1.807) is 18.3 Å². The van der Waals surface area contributed by atoms with E-state index in [0.717, 1.165) is 11.4 Å². The van der Waals surface area contributed by atoms with Crippen LogP contribution in [0.3, 0.4) is 0 Å². The molecular weight excluding hydrogens is 162 g/mol. The van der Waals surface area contributed by atoms with E-state index in [2.05, 4.69) is 22.2 Å². The number of rotatable bonds is 1. The maximum absolute atomic E-state index is 8.58. The van der Waals surface area contributed by atoms with Gasteiger partial charge in [0.05, 0.1) is 11.6 Å². The summed E-state index contributed by atoms with van der Waals surface area (Å²) in [6.45, 7) is 0. The Morgan fingerprint density at radius 3 is 2.62 bits per heavy atom. The zero-order chi connectivity index (χ0) is 9.10. The molecule has 0 atom stereocenters. The number of H-pyrrole nitrogens is 1. The van der Waals surface area contributed by atoms with Gasteiger partial charge in [0.25, 0.3) is 0 Å². The van der Waals surface area contributed by atoms with Crippen LogP contribution in [0.25, 0.3) is 11.4 Å². The van der Waals surface area contributed by atoms with Crippen LogP contribution in [0.5, 0.6) is 0 Å². The molecule has 1 aromatic carbocycles. The van der Waals surface area contributed by atoms with Crippen LogP contribution in [-0.2, 0) is 0 Å². The first-order valence-corrected chi connectivity index (χ1v) is 3.82. The molecule has 0 aliphatic heterocycles. The van der Waals surface area contributed by atoms with Crippen molar-refractivity contribution >= 4 is 0 Å². The molecule has 2 rings (SSSR count). The first kappa shape index (κ1) is 7.56. The second-order valence-electron chi connectivity index (χ2n) is 2.57. The average Bonchev–Trinajstić information content (AvgIpc) is 2.71. The fraction of sp³-hybridized carbons (Fsp3) is 0. The van der Waals surface area contributed by atoms with Gasteiger partial charge in [-0.15, -0.1) is 0 Å². The number of imidazole rings is 1. The quantitative estimate of drug-likeness (QED) is 0.705. The molecule has 0 fully saturated rings. The van der Waals surface area contributed by atoms with E-state index in [9.17, 15) is 0 Å². The summed E-state index contributed by atoms with van der Waals surface area (Å²) in [4.78, 5) is 6.92. The third kappa shape index (κ3) is 1.42. The maximum atomic E-state index is 8.58. The number of nitrogens with zero attached hydrogens (tertiary/aromatic N) is 2. The van der Waals surface area contributed by atoms with Gasteiger partial charge < -0.3 is 4.98 Å². The first-order chi connectivity index (χ1) is 6.40. The molecule has 3 nitrogen and oxygen atoms in total. The molecule has 61 valence electrons. The number of nitriles is 1. The van der Waals surface area contributed by atoms with Gasteiger partial charge in [0.1, 0.15) is 12.0 Å². The molecule has 0 saturated carbocycles. The molecule has 0 unspecified atom stereocenters. The zero-order valence-electron chi connectivity index (χ0n) is 6.78. The van der Waals surface area contributed by atoms with Crippen LogP contribution < -0.4 is 0 Å². The molecule has 1 N–H and O–H groups in total. The van der Waals surface area contributed by atoms with Crippen molar-refractivity contribution in [3.63, 3.8) is 0 Å². The summed E-state index contributed by atoms with van der Waals surface area (Å²) in [6.07, 6.45) is 4.33. The highest BCUT2D eigenvalue weighted by Gasteiger charge is 1.98. The molecule has 1 aromatic heterocycles. The van der Waals surface area contributed by atoms with Crippen molar-refractivity contribution in [1.82, 2.24) is 9.97 Å². The van der Waals surface area contributed by atoms with Crippen molar-refractivity contribution in [2.45, 2.75) is 0 Å². The second-order valence-corrected chi connectivity index (χ2v) is 2.57. The molecule has 1 radical (unpaired) electrons. The van der Waals surface area contributed by atoms with Crippen LogP contribution in [-0.4, -0.2) is 9.97 Å². The SMILES string of the molecule is N#Cc1ccc(-c2n[c]c[nH]2)cc1. The first-order valence-electron chi connectivity index (χ1n) is 3.82. The summed E-state index contributed by atoms with van der Waals surface area (Å²) in [5.41, 5.74) is 1.61. The van der Waals surface area contributed by atoms with Crippen molar-refractivity contribution in [2.75, 3.05) is 0 Å². The molecule has 1 heterocycles. The van der Waals surface area contributed by atoms with E-state index < -0.39 is 0 Å². The van der Waals surface area contributed by atoms with E-state index in [-0.39, 0.29) is 0 Å². The van der Waals surface area contributed by atoms with Gasteiger partial charge in [-0.25, -0.2) is 4.98 Å². The summed E-state index contributed by atoms with van der Waals surface area (Å²) in [6, 6.07) is 9.29. The molecule has 0 aliphatic carbocycles. The number of nitrogens with one attached hydrogen (secondary N) is 1. The normalized spacial score (nSPS) is 9.46. The summed E-state index contributed by atoms with van der Waals surface area (Å²) in [5, 5.41) is 8.58. The molecule has 0 amide bonds. The summed E-state index contributed by atoms with van der Waals surface area (Å²) in [7, 11) is 0. The molecular formula is C10H6N3. The number of hydrogen-bond acceptors (Lipinski definition) is 2. The maximum Gasteiger partial charge on any atom is 0.138 e. The predicted molar refractivity (Wildman–Crippen MR) is 47.6 cm³/mol. The van der Waals surface area contributed by atoms with Gasteiger partial charge in [0.15, 0.2) is 0 Å². The third-order valence-corrected chi connectivity index (χ3v) is 1.74. The minimum atomic E-state index is 0.652. The van der Waals surface area contributed by atoms with Gasteiger partial charge in [-0.2, -0.15) is 5.26 Å². The summed E-state index contributed by atoms with van der Waals surface area (Å²) >= 11 is 0. The molecule has 0 spiro atoms. The number of aromatic amines is 1. The lowest BCUT2D eigenvalue weighted by atomic mass is 10.1. The van der Waals surface area contributed by atoms with E-state index in [1.165, 1.54) is 0 Å². The average molecular weight is 168 g/mol. The highest BCUT2D eigenvalue weighted by atomic mass is 14.9. The highest BCUT2D eigenvalue weighted by molar-refractivity contribution is 5.55. The Kier molecular flexibility index (Phi) is 1.81. The molecule has 2 aromatic rings. The van der Waals surface area contributed by atoms with Crippen LogP contribution in [0.2, 0.25) is 0 Å². The Labute approximate surface area is 75.7 Å². The van der Waals surface area contributed by atoms with Crippen LogP contribution in [0.1, 0.15) is 5.56 Å². The van der Waals surface area contributed by atoms with Crippen molar-refractivity contribution in [3.05, 3.63) is 42.2 Å². The van der Waals surface area contributed by atoms with E-state index >= 15 is 0 Å². The van der Waals surface area contributed by atoms with E-state index in [4.69, 9.17) is 5.26 Å². The molecule has 0 saturated heterocycles. The predicted octanol–water partition coefficient (Wildman–Crippen LogP) is 1.75. The third-order valence-electron chi connectivity index (χ3n) is 1.74. The number of benzene rings is 1. The lowest BCUT2D eigenvalue weighted by Crippen LogP contribution is -1.80. The van der Waals surface area contributed by atoms with Crippen LogP contribution in [0.4, 0.5) is 0 Å². The molecule has 0 aliphatic rings.